The van der Waals surface area contributed by atoms with Crippen LogP contribution < -0.4 is 11.1 Å². The van der Waals surface area contributed by atoms with Crippen molar-refractivity contribution in [2.24, 2.45) is 0 Å². The lowest BCUT2D eigenvalue weighted by atomic mass is 10.0. The number of para-hydroxylation sites is 1. The van der Waals surface area contributed by atoms with E-state index in [4.69, 9.17) is 5.73 Å². The molecule has 1 aromatic heterocycles. The van der Waals surface area contributed by atoms with E-state index in [1.807, 2.05) is 6.07 Å². The van der Waals surface area contributed by atoms with Crippen LogP contribution >= 0.6 is 15.9 Å². The van der Waals surface area contributed by atoms with E-state index in [2.05, 4.69) is 58.3 Å². The number of rotatable bonds is 4. The third-order valence-corrected chi connectivity index (χ3v) is 3.56. The summed E-state index contributed by atoms with van der Waals surface area (Å²) in [7, 11) is 0. The maximum Gasteiger partial charge on any atom is 0.153 e. The summed E-state index contributed by atoms with van der Waals surface area (Å²) in [6.45, 7) is 4.30. The normalized spacial score (nSPS) is 10.5. The van der Waals surface area contributed by atoms with Crippen molar-refractivity contribution in [2.45, 2.75) is 26.7 Å². The van der Waals surface area contributed by atoms with Crippen molar-refractivity contribution in [3.8, 4) is 0 Å². The van der Waals surface area contributed by atoms with Crippen molar-refractivity contribution in [1.82, 2.24) is 4.98 Å². The summed E-state index contributed by atoms with van der Waals surface area (Å²) < 4.78 is 0.884. The molecule has 0 aliphatic heterocycles. The van der Waals surface area contributed by atoms with Crippen LogP contribution in [0.1, 0.15) is 25.0 Å². The van der Waals surface area contributed by atoms with Gasteiger partial charge in [-0.15, -0.1) is 0 Å². The number of pyridine rings is 1. The molecule has 2 rings (SSSR count). The van der Waals surface area contributed by atoms with E-state index >= 15 is 0 Å². The molecule has 1 heterocycles. The molecule has 2 aromatic rings. The van der Waals surface area contributed by atoms with E-state index in [0.29, 0.717) is 11.5 Å². The van der Waals surface area contributed by atoms with Crippen molar-refractivity contribution in [2.75, 3.05) is 11.1 Å². The van der Waals surface area contributed by atoms with Crippen LogP contribution in [-0.2, 0) is 12.8 Å². The lowest BCUT2D eigenvalue weighted by Gasteiger charge is -2.16. The first-order valence-corrected chi connectivity index (χ1v) is 7.23. The van der Waals surface area contributed by atoms with Crippen LogP contribution in [0, 0.1) is 0 Å². The Kier molecular flexibility index (Phi) is 4.43. The summed E-state index contributed by atoms with van der Waals surface area (Å²) in [5, 5.41) is 3.38. The van der Waals surface area contributed by atoms with Crippen LogP contribution in [0.2, 0.25) is 0 Å². The summed E-state index contributed by atoms with van der Waals surface area (Å²) in [5.74, 6) is 0.707. The van der Waals surface area contributed by atoms with Crippen LogP contribution in [0.15, 0.2) is 34.9 Å². The highest BCUT2D eigenvalue weighted by atomic mass is 79.9. The third kappa shape index (κ3) is 3.07. The number of nitrogen functional groups attached to an aromatic ring is 1. The second-order valence-corrected chi connectivity index (χ2v) is 5.29. The van der Waals surface area contributed by atoms with Crippen molar-refractivity contribution in [3.05, 3.63) is 46.1 Å². The number of anilines is 3. The maximum atomic E-state index is 6.00. The number of benzene rings is 1. The van der Waals surface area contributed by atoms with Gasteiger partial charge in [0.15, 0.2) is 5.82 Å². The Morgan fingerprint density at radius 2 is 1.84 bits per heavy atom. The Bertz CT molecular complexity index is 559. The number of hydrogen-bond acceptors (Lipinski definition) is 3. The topological polar surface area (TPSA) is 50.9 Å². The molecule has 100 valence electrons. The minimum absolute atomic E-state index is 0.641. The van der Waals surface area contributed by atoms with Crippen molar-refractivity contribution >= 4 is 33.1 Å². The standard InChI is InChI=1S/C15H18BrN3/c1-3-10-6-5-7-11(4-2)14(10)19-15-13(17)8-12(16)9-18-15/h5-9H,3-4,17H2,1-2H3,(H,18,19). The molecular formula is C15H18BrN3. The lowest BCUT2D eigenvalue weighted by Crippen LogP contribution is -2.04. The molecule has 1 aromatic carbocycles. The molecule has 0 spiro atoms. The Hall–Kier alpha value is -1.55. The fourth-order valence-corrected chi connectivity index (χ4v) is 2.43. The monoisotopic (exact) mass is 319 g/mol. The number of halogens is 1. The van der Waals surface area contributed by atoms with Gasteiger partial charge in [0.05, 0.1) is 5.69 Å². The summed E-state index contributed by atoms with van der Waals surface area (Å²) in [5.41, 5.74) is 10.3. The smallest absolute Gasteiger partial charge is 0.153 e. The predicted molar refractivity (Wildman–Crippen MR) is 84.8 cm³/mol. The van der Waals surface area contributed by atoms with Crippen molar-refractivity contribution < 1.29 is 0 Å². The fraction of sp³-hybridized carbons (Fsp3) is 0.267. The van der Waals surface area contributed by atoms with Gasteiger partial charge in [-0.25, -0.2) is 4.98 Å². The molecule has 4 heteroatoms. The third-order valence-electron chi connectivity index (χ3n) is 3.13. The highest BCUT2D eigenvalue weighted by Crippen LogP contribution is 2.29. The van der Waals surface area contributed by atoms with Gasteiger partial charge >= 0.3 is 0 Å². The highest BCUT2D eigenvalue weighted by Gasteiger charge is 2.09. The largest absolute Gasteiger partial charge is 0.396 e. The van der Waals surface area contributed by atoms with Gasteiger partial charge in [-0.05, 0) is 46.0 Å². The van der Waals surface area contributed by atoms with Gasteiger partial charge < -0.3 is 11.1 Å². The Morgan fingerprint density at radius 1 is 1.21 bits per heavy atom. The number of nitrogens with one attached hydrogen (secondary N) is 1. The molecule has 0 bridgehead atoms. The van der Waals surface area contributed by atoms with E-state index in [1.54, 1.807) is 6.20 Å². The number of nitrogens with zero attached hydrogens (tertiary/aromatic N) is 1. The minimum Gasteiger partial charge on any atom is -0.396 e. The number of nitrogens with two attached hydrogens (primary N) is 1. The molecular weight excluding hydrogens is 302 g/mol. The second kappa shape index (κ2) is 6.06. The Morgan fingerprint density at radius 3 is 2.37 bits per heavy atom. The van der Waals surface area contributed by atoms with E-state index in [0.717, 1.165) is 23.0 Å². The average Bonchev–Trinajstić information content (AvgIpc) is 2.42. The summed E-state index contributed by atoms with van der Waals surface area (Å²) in [4.78, 5) is 4.34. The molecule has 3 nitrogen and oxygen atoms in total. The van der Waals surface area contributed by atoms with Gasteiger partial charge in [-0.2, -0.15) is 0 Å². The molecule has 0 atom stereocenters. The van der Waals surface area contributed by atoms with E-state index in [-0.39, 0.29) is 0 Å². The van der Waals surface area contributed by atoms with Gasteiger partial charge in [0.2, 0.25) is 0 Å². The molecule has 0 saturated carbocycles. The number of aromatic nitrogens is 1. The lowest BCUT2D eigenvalue weighted by molar-refractivity contribution is 1.09. The van der Waals surface area contributed by atoms with Crippen LogP contribution in [0.25, 0.3) is 0 Å². The van der Waals surface area contributed by atoms with Gasteiger partial charge in [0, 0.05) is 16.4 Å². The fourth-order valence-electron chi connectivity index (χ4n) is 2.08. The van der Waals surface area contributed by atoms with E-state index < -0.39 is 0 Å². The predicted octanol–water partition coefficient (Wildman–Crippen LogP) is 4.29. The SMILES string of the molecule is CCc1cccc(CC)c1Nc1ncc(Br)cc1N. The molecule has 0 aliphatic carbocycles. The molecule has 0 saturated heterocycles. The molecule has 0 unspecified atom stereocenters. The van der Waals surface area contributed by atoms with Crippen LogP contribution in [0.3, 0.4) is 0 Å². The van der Waals surface area contributed by atoms with Gasteiger partial charge in [0.25, 0.3) is 0 Å². The summed E-state index contributed by atoms with van der Waals surface area (Å²) >= 11 is 3.37. The first-order chi connectivity index (χ1) is 9.15. The molecule has 3 N–H and O–H groups in total. The van der Waals surface area contributed by atoms with Gasteiger partial charge in [-0.1, -0.05) is 32.0 Å². The van der Waals surface area contributed by atoms with E-state index in [9.17, 15) is 0 Å². The van der Waals surface area contributed by atoms with Crippen molar-refractivity contribution in [3.63, 3.8) is 0 Å². The summed E-state index contributed by atoms with van der Waals surface area (Å²) in [6.07, 6.45) is 3.71. The quantitative estimate of drug-likeness (QED) is 0.883. The molecule has 19 heavy (non-hydrogen) atoms. The Labute approximate surface area is 122 Å². The highest BCUT2D eigenvalue weighted by molar-refractivity contribution is 9.10. The minimum atomic E-state index is 0.641. The Balaban J connectivity index is 2.42. The zero-order valence-electron chi connectivity index (χ0n) is 11.2. The van der Waals surface area contributed by atoms with Gasteiger partial charge in [0.1, 0.15) is 0 Å². The zero-order chi connectivity index (χ0) is 13.8. The zero-order valence-corrected chi connectivity index (χ0v) is 12.8. The molecule has 0 radical (unpaired) electrons. The first-order valence-electron chi connectivity index (χ1n) is 6.44. The maximum absolute atomic E-state index is 6.00. The van der Waals surface area contributed by atoms with Crippen LogP contribution in [0.4, 0.5) is 17.2 Å². The average molecular weight is 320 g/mol. The van der Waals surface area contributed by atoms with Crippen LogP contribution in [-0.4, -0.2) is 4.98 Å². The van der Waals surface area contributed by atoms with E-state index in [1.165, 1.54) is 11.1 Å². The molecule has 0 amide bonds. The first kappa shape index (κ1) is 13.9. The molecule has 0 fully saturated rings. The second-order valence-electron chi connectivity index (χ2n) is 4.37. The van der Waals surface area contributed by atoms with Crippen molar-refractivity contribution in [1.29, 1.82) is 0 Å². The number of aryl methyl sites for hydroxylation is 2. The van der Waals surface area contributed by atoms with Gasteiger partial charge in [-0.3, -0.25) is 0 Å². The summed E-state index contributed by atoms with van der Waals surface area (Å²) in [6, 6.07) is 8.23. The number of hydrogen-bond donors (Lipinski definition) is 2. The molecule has 0 aliphatic rings. The van der Waals surface area contributed by atoms with Crippen LogP contribution in [0.5, 0.6) is 0 Å².